The van der Waals surface area contributed by atoms with Gasteiger partial charge in [-0.3, -0.25) is 9.59 Å². The molecule has 0 aliphatic heterocycles. The van der Waals surface area contributed by atoms with Gasteiger partial charge in [0.15, 0.2) is 0 Å². The number of rotatable bonds is 4. The number of carboxylic acid groups (broad SMARTS) is 2. The second-order valence-corrected chi connectivity index (χ2v) is 2.57. The number of carbonyl (C=O) groups is 2. The molecule has 0 fully saturated rings. The summed E-state index contributed by atoms with van der Waals surface area (Å²) in [5.74, 6) is -2.50. The van der Waals surface area contributed by atoms with Crippen LogP contribution in [0.2, 0.25) is 0 Å². The Morgan fingerprint density at radius 2 is 1.71 bits per heavy atom. The predicted molar refractivity (Wildman–Crippen MR) is 46.6 cm³/mol. The lowest BCUT2D eigenvalue weighted by Crippen LogP contribution is -2.32. The zero-order chi connectivity index (χ0) is 11.7. The van der Waals surface area contributed by atoms with Crippen LogP contribution in [0.4, 0.5) is 0 Å². The Kier molecular flexibility index (Phi) is 9.20. The molecule has 2 atom stereocenters. The van der Waals surface area contributed by atoms with E-state index in [9.17, 15) is 9.59 Å². The minimum atomic E-state index is -1.29. The summed E-state index contributed by atoms with van der Waals surface area (Å²) in [6, 6.07) is -1.29. The molecule has 0 aromatic carbocycles. The van der Waals surface area contributed by atoms with Crippen LogP contribution in [-0.4, -0.2) is 51.1 Å². The summed E-state index contributed by atoms with van der Waals surface area (Å²) >= 11 is 0. The van der Waals surface area contributed by atoms with E-state index in [2.05, 4.69) is 0 Å². The second-order valence-electron chi connectivity index (χ2n) is 2.57. The van der Waals surface area contributed by atoms with Crippen LogP contribution >= 0.6 is 0 Å². The van der Waals surface area contributed by atoms with Crippen LogP contribution in [0, 0.1) is 0 Å². The van der Waals surface area contributed by atoms with Crippen molar-refractivity contribution in [3.63, 3.8) is 0 Å². The first-order valence-corrected chi connectivity index (χ1v) is 3.80. The first kappa shape index (κ1) is 15.3. The van der Waals surface area contributed by atoms with Crippen LogP contribution < -0.4 is 5.73 Å². The van der Waals surface area contributed by atoms with Crippen LogP contribution in [0.25, 0.3) is 0 Å². The molecule has 0 saturated heterocycles. The highest BCUT2D eigenvalue weighted by Gasteiger charge is 2.14. The highest BCUT2D eigenvalue weighted by molar-refractivity contribution is 5.80. The van der Waals surface area contributed by atoms with Gasteiger partial charge in [-0.2, -0.15) is 0 Å². The fourth-order valence-electron chi connectivity index (χ4n) is 0.275. The zero-order valence-electron chi connectivity index (χ0n) is 7.75. The second kappa shape index (κ2) is 8.42. The van der Waals surface area contributed by atoms with Crippen LogP contribution in [-0.2, 0) is 9.59 Å². The summed E-state index contributed by atoms with van der Waals surface area (Å²) in [4.78, 5) is 19.6. The van der Waals surface area contributed by atoms with Gasteiger partial charge in [-0.15, -0.1) is 0 Å². The predicted octanol–water partition coefficient (Wildman–Crippen LogP) is -1.77. The highest BCUT2D eigenvalue weighted by atomic mass is 16.4. The topological polar surface area (TPSA) is 141 Å². The summed E-state index contributed by atoms with van der Waals surface area (Å²) in [5.41, 5.74) is 4.84. The molecular formula is C7H15NO6. The van der Waals surface area contributed by atoms with Crippen molar-refractivity contribution >= 4 is 11.9 Å². The summed E-state index contributed by atoms with van der Waals surface area (Å²) in [6.45, 7) is 1.39. The lowest BCUT2D eigenvalue weighted by molar-refractivity contribution is -0.144. The summed E-state index contributed by atoms with van der Waals surface area (Å²) in [5, 5.41) is 32.0. The summed E-state index contributed by atoms with van der Waals surface area (Å²) in [7, 11) is 0. The van der Waals surface area contributed by atoms with Gasteiger partial charge in [0, 0.05) is 0 Å². The Morgan fingerprint density at radius 1 is 1.36 bits per heavy atom. The van der Waals surface area contributed by atoms with Crippen molar-refractivity contribution in [2.75, 3.05) is 6.61 Å². The van der Waals surface area contributed by atoms with Crippen LogP contribution in [0.5, 0.6) is 0 Å². The molecule has 6 N–H and O–H groups in total. The lowest BCUT2D eigenvalue weighted by Gasteiger charge is -1.99. The van der Waals surface area contributed by atoms with E-state index in [-0.39, 0.29) is 6.61 Å². The molecule has 0 aliphatic carbocycles. The third-order valence-electron chi connectivity index (χ3n) is 0.976. The van der Waals surface area contributed by atoms with E-state index in [1.165, 1.54) is 6.92 Å². The van der Waals surface area contributed by atoms with Crippen molar-refractivity contribution < 1.29 is 30.0 Å². The van der Waals surface area contributed by atoms with Gasteiger partial charge in [-0.1, -0.05) is 0 Å². The maximum atomic E-state index is 9.85. The van der Waals surface area contributed by atoms with Crippen LogP contribution in [0.15, 0.2) is 0 Å². The van der Waals surface area contributed by atoms with Crippen LogP contribution in [0.3, 0.4) is 0 Å². The lowest BCUT2D eigenvalue weighted by atomic mass is 10.2. The summed E-state index contributed by atoms with van der Waals surface area (Å²) in [6.07, 6.45) is -1.09. The Hall–Kier alpha value is -1.18. The molecule has 0 rings (SSSR count). The van der Waals surface area contributed by atoms with Crippen molar-refractivity contribution in [1.29, 1.82) is 0 Å². The molecule has 0 aromatic rings. The van der Waals surface area contributed by atoms with E-state index in [1.807, 2.05) is 0 Å². The smallest absolute Gasteiger partial charge is 0.321 e. The molecule has 14 heavy (non-hydrogen) atoms. The van der Waals surface area contributed by atoms with E-state index >= 15 is 0 Å². The Labute approximate surface area is 80.8 Å². The van der Waals surface area contributed by atoms with Gasteiger partial charge in [-0.05, 0) is 6.92 Å². The van der Waals surface area contributed by atoms with E-state index < -0.39 is 30.5 Å². The molecule has 0 spiro atoms. The molecule has 7 heteroatoms. The molecule has 0 aromatic heterocycles. The number of nitrogens with two attached hydrogens (primary N) is 1. The first-order valence-electron chi connectivity index (χ1n) is 3.80. The highest BCUT2D eigenvalue weighted by Crippen LogP contribution is 1.86. The van der Waals surface area contributed by atoms with Crippen LogP contribution in [0.1, 0.15) is 13.3 Å². The molecule has 1 unspecified atom stereocenters. The number of hydrogen-bond donors (Lipinski definition) is 5. The van der Waals surface area contributed by atoms with E-state index in [1.54, 1.807) is 0 Å². The van der Waals surface area contributed by atoms with Crippen molar-refractivity contribution in [3.05, 3.63) is 0 Å². The van der Waals surface area contributed by atoms with Gasteiger partial charge in [0.25, 0.3) is 0 Å². The van der Waals surface area contributed by atoms with Gasteiger partial charge in [0.05, 0.1) is 19.1 Å². The number of aliphatic carboxylic acids is 2. The zero-order valence-corrected chi connectivity index (χ0v) is 7.75. The molecule has 0 amide bonds. The number of aliphatic hydroxyl groups excluding tert-OH is 2. The fraction of sp³-hybridized carbons (Fsp3) is 0.714. The van der Waals surface area contributed by atoms with Gasteiger partial charge in [0.1, 0.15) is 6.04 Å². The SMILES string of the molecule is CC(O)CO.N[C@@H](CC(=O)O)C(=O)O. The van der Waals surface area contributed by atoms with E-state index in [4.69, 9.17) is 26.2 Å². The Balaban J connectivity index is 0. The number of aliphatic hydroxyl groups is 2. The van der Waals surface area contributed by atoms with Gasteiger partial charge < -0.3 is 26.2 Å². The minimum absolute atomic E-state index is 0.139. The third-order valence-corrected chi connectivity index (χ3v) is 0.976. The summed E-state index contributed by atoms with van der Waals surface area (Å²) < 4.78 is 0. The maximum absolute atomic E-state index is 9.85. The van der Waals surface area contributed by atoms with Gasteiger partial charge in [-0.25, -0.2) is 0 Å². The molecule has 84 valence electrons. The largest absolute Gasteiger partial charge is 0.481 e. The van der Waals surface area contributed by atoms with E-state index in [0.29, 0.717) is 0 Å². The molecule has 0 heterocycles. The number of carboxylic acids is 2. The standard InChI is InChI=1S/C4H7NO4.C3H8O2/c5-2(4(8)9)1-3(6)7;1-3(5)2-4/h2H,1,5H2,(H,6,7)(H,8,9);3-5H,2H2,1H3/t2-;/m0./s1. The van der Waals surface area contributed by atoms with Crippen molar-refractivity contribution in [1.82, 2.24) is 0 Å². The molecular weight excluding hydrogens is 194 g/mol. The first-order chi connectivity index (χ1) is 6.31. The van der Waals surface area contributed by atoms with Gasteiger partial charge in [0.2, 0.25) is 0 Å². The minimum Gasteiger partial charge on any atom is -0.481 e. The third kappa shape index (κ3) is 13.4. The Bertz CT molecular complexity index is 181. The molecule has 7 nitrogen and oxygen atoms in total. The van der Waals surface area contributed by atoms with E-state index in [0.717, 1.165) is 0 Å². The van der Waals surface area contributed by atoms with Gasteiger partial charge >= 0.3 is 11.9 Å². The quantitative estimate of drug-likeness (QED) is 0.369. The maximum Gasteiger partial charge on any atom is 0.321 e. The molecule has 0 radical (unpaired) electrons. The molecule has 0 aliphatic rings. The molecule has 0 saturated carbocycles. The van der Waals surface area contributed by atoms with Crippen molar-refractivity contribution in [3.8, 4) is 0 Å². The molecule has 0 bridgehead atoms. The average molecular weight is 209 g/mol. The number of hydrogen-bond acceptors (Lipinski definition) is 5. The Morgan fingerprint density at radius 3 is 1.79 bits per heavy atom. The van der Waals surface area contributed by atoms with Crippen molar-refractivity contribution in [2.45, 2.75) is 25.5 Å². The van der Waals surface area contributed by atoms with Crippen molar-refractivity contribution in [2.24, 2.45) is 5.73 Å². The fourth-order valence-corrected chi connectivity index (χ4v) is 0.275. The monoisotopic (exact) mass is 209 g/mol. The average Bonchev–Trinajstić information content (AvgIpc) is 2.04. The normalized spacial score (nSPS) is 13.4.